The molecular weight excluding hydrogens is 199 g/mol. The summed E-state index contributed by atoms with van der Waals surface area (Å²) in [5.41, 5.74) is 5.45. The number of hydrogen-bond acceptors (Lipinski definition) is 3. The first-order valence-electron chi connectivity index (χ1n) is 4.18. The van der Waals surface area contributed by atoms with Gasteiger partial charge in [-0.2, -0.15) is 0 Å². The minimum absolute atomic E-state index is 0.0470. The average Bonchev–Trinajstić information content (AvgIpc) is 2.66. The van der Waals surface area contributed by atoms with Crippen molar-refractivity contribution in [1.29, 1.82) is 0 Å². The highest BCUT2D eigenvalue weighted by atomic mass is 19.1. The summed E-state index contributed by atoms with van der Waals surface area (Å²) in [6.07, 6.45) is 1.21. The Hall–Kier alpha value is -2.17. The minimum Gasteiger partial charge on any atom is -0.431 e. The average molecular weight is 206 g/mol. The van der Waals surface area contributed by atoms with Crippen molar-refractivity contribution in [3.05, 3.63) is 42.0 Å². The van der Waals surface area contributed by atoms with E-state index in [1.807, 2.05) is 0 Å². The van der Waals surface area contributed by atoms with Crippen LogP contribution in [0.4, 0.5) is 4.39 Å². The van der Waals surface area contributed by atoms with E-state index in [0.29, 0.717) is 5.56 Å². The maximum Gasteiger partial charge on any atom is 0.286 e. The number of carbonyl (C=O) groups excluding carboxylic acids is 1. The molecule has 1 amide bonds. The number of aromatic nitrogens is 1. The van der Waals surface area contributed by atoms with Crippen LogP contribution < -0.4 is 5.73 Å². The van der Waals surface area contributed by atoms with Gasteiger partial charge in [-0.1, -0.05) is 6.07 Å². The predicted octanol–water partition coefficient (Wildman–Crippen LogP) is 1.58. The van der Waals surface area contributed by atoms with E-state index < -0.39 is 11.7 Å². The number of primary amides is 1. The van der Waals surface area contributed by atoms with Crippen LogP contribution >= 0.6 is 0 Å². The highest BCUT2D eigenvalue weighted by molar-refractivity contribution is 5.89. The van der Waals surface area contributed by atoms with Crippen molar-refractivity contribution < 1.29 is 13.6 Å². The molecule has 1 heterocycles. The van der Waals surface area contributed by atoms with Gasteiger partial charge in [0.1, 0.15) is 5.82 Å². The van der Waals surface area contributed by atoms with Gasteiger partial charge in [-0.15, -0.1) is 0 Å². The topological polar surface area (TPSA) is 69.1 Å². The highest BCUT2D eigenvalue weighted by Gasteiger charge is 2.10. The maximum absolute atomic E-state index is 12.9. The second kappa shape index (κ2) is 3.53. The van der Waals surface area contributed by atoms with Crippen molar-refractivity contribution in [3.63, 3.8) is 0 Å². The van der Waals surface area contributed by atoms with Crippen LogP contribution in [-0.2, 0) is 0 Å². The molecule has 1 aromatic heterocycles. The van der Waals surface area contributed by atoms with Crippen molar-refractivity contribution in [2.45, 2.75) is 0 Å². The fraction of sp³-hybridized carbons (Fsp3) is 0. The van der Waals surface area contributed by atoms with Crippen LogP contribution in [0.1, 0.15) is 10.6 Å². The summed E-state index contributed by atoms with van der Waals surface area (Å²) < 4.78 is 17.9. The van der Waals surface area contributed by atoms with Crippen molar-refractivity contribution in [1.82, 2.24) is 4.98 Å². The number of nitrogens with zero attached hydrogens (tertiary/aromatic N) is 1. The van der Waals surface area contributed by atoms with Crippen molar-refractivity contribution in [2.24, 2.45) is 5.73 Å². The van der Waals surface area contributed by atoms with Crippen molar-refractivity contribution >= 4 is 5.91 Å². The first-order valence-corrected chi connectivity index (χ1v) is 4.18. The minimum atomic E-state index is -0.704. The van der Waals surface area contributed by atoms with E-state index in [0.717, 1.165) is 0 Å². The first-order chi connectivity index (χ1) is 7.16. The molecule has 0 aliphatic heterocycles. The van der Waals surface area contributed by atoms with Crippen LogP contribution in [0.3, 0.4) is 0 Å². The Bertz CT molecular complexity index is 508. The molecule has 4 nitrogen and oxygen atoms in total. The quantitative estimate of drug-likeness (QED) is 0.810. The van der Waals surface area contributed by atoms with E-state index >= 15 is 0 Å². The Morgan fingerprint density at radius 1 is 1.47 bits per heavy atom. The zero-order valence-corrected chi connectivity index (χ0v) is 7.61. The second-order valence-electron chi connectivity index (χ2n) is 2.90. The molecule has 0 aliphatic rings. The van der Waals surface area contributed by atoms with Crippen LogP contribution in [-0.4, -0.2) is 10.9 Å². The summed E-state index contributed by atoms with van der Waals surface area (Å²) in [4.78, 5) is 14.5. The molecule has 0 radical (unpaired) electrons. The number of benzene rings is 1. The summed E-state index contributed by atoms with van der Waals surface area (Å²) >= 11 is 0. The molecular formula is C10H7FN2O2. The molecule has 0 aliphatic carbocycles. The van der Waals surface area contributed by atoms with Crippen LogP contribution in [0.25, 0.3) is 11.5 Å². The highest BCUT2D eigenvalue weighted by Crippen LogP contribution is 2.19. The van der Waals surface area contributed by atoms with E-state index in [-0.39, 0.29) is 11.7 Å². The molecule has 0 fully saturated rings. The number of carbonyl (C=O) groups is 1. The lowest BCUT2D eigenvalue weighted by molar-refractivity contribution is 0.0975. The van der Waals surface area contributed by atoms with Crippen molar-refractivity contribution in [2.75, 3.05) is 0 Å². The molecule has 76 valence electrons. The van der Waals surface area contributed by atoms with Crippen molar-refractivity contribution in [3.8, 4) is 11.5 Å². The Morgan fingerprint density at radius 3 is 2.87 bits per heavy atom. The molecule has 2 N–H and O–H groups in total. The lowest BCUT2D eigenvalue weighted by Gasteiger charge is -1.94. The Balaban J connectivity index is 2.41. The summed E-state index contributed by atoms with van der Waals surface area (Å²) in [5, 5.41) is 0. The lowest BCUT2D eigenvalue weighted by Crippen LogP contribution is -2.09. The van der Waals surface area contributed by atoms with Gasteiger partial charge in [0.15, 0.2) is 0 Å². The SMILES string of the molecule is NC(=O)c1cnc(-c2cccc(F)c2)o1. The van der Waals surface area contributed by atoms with Crippen LogP contribution in [0.2, 0.25) is 0 Å². The number of nitrogens with two attached hydrogens (primary N) is 1. The zero-order valence-electron chi connectivity index (χ0n) is 7.61. The molecule has 0 unspecified atom stereocenters. The van der Waals surface area contributed by atoms with Gasteiger partial charge in [-0.05, 0) is 18.2 Å². The monoisotopic (exact) mass is 206 g/mol. The van der Waals surface area contributed by atoms with Gasteiger partial charge in [-0.3, -0.25) is 4.79 Å². The standard InChI is InChI=1S/C10H7FN2O2/c11-7-3-1-2-6(4-7)10-13-5-8(15-10)9(12)14/h1-5H,(H2,12,14). The molecule has 15 heavy (non-hydrogen) atoms. The number of rotatable bonds is 2. The first kappa shape index (κ1) is 9.39. The third kappa shape index (κ3) is 1.85. The molecule has 0 spiro atoms. The Kier molecular flexibility index (Phi) is 2.21. The van der Waals surface area contributed by atoms with Gasteiger partial charge in [0.05, 0.1) is 6.20 Å². The predicted molar refractivity (Wildman–Crippen MR) is 50.4 cm³/mol. The van der Waals surface area contributed by atoms with Crippen LogP contribution in [0.5, 0.6) is 0 Å². The fourth-order valence-corrected chi connectivity index (χ4v) is 1.14. The largest absolute Gasteiger partial charge is 0.431 e. The van der Waals surface area contributed by atoms with Gasteiger partial charge in [0, 0.05) is 5.56 Å². The van der Waals surface area contributed by atoms with E-state index in [1.54, 1.807) is 6.07 Å². The van der Waals surface area contributed by atoms with Gasteiger partial charge in [-0.25, -0.2) is 9.37 Å². The molecule has 0 bridgehead atoms. The zero-order chi connectivity index (χ0) is 10.8. The third-order valence-electron chi connectivity index (χ3n) is 1.82. The smallest absolute Gasteiger partial charge is 0.286 e. The molecule has 0 saturated heterocycles. The van der Waals surface area contributed by atoms with Gasteiger partial charge in [0.25, 0.3) is 5.91 Å². The second-order valence-corrected chi connectivity index (χ2v) is 2.90. The third-order valence-corrected chi connectivity index (χ3v) is 1.82. The number of oxazole rings is 1. The number of halogens is 1. The molecule has 5 heteroatoms. The molecule has 2 rings (SSSR count). The van der Waals surface area contributed by atoms with Crippen LogP contribution in [0, 0.1) is 5.82 Å². The molecule has 0 saturated carbocycles. The summed E-state index contributed by atoms with van der Waals surface area (Å²) in [6, 6.07) is 5.72. The van der Waals surface area contributed by atoms with E-state index in [9.17, 15) is 9.18 Å². The van der Waals surface area contributed by atoms with Gasteiger partial charge < -0.3 is 10.2 Å². The molecule has 2 aromatic rings. The maximum atomic E-state index is 12.9. The summed E-state index contributed by atoms with van der Waals surface area (Å²) in [5.74, 6) is -0.978. The van der Waals surface area contributed by atoms with Gasteiger partial charge >= 0.3 is 0 Å². The lowest BCUT2D eigenvalue weighted by atomic mass is 10.2. The molecule has 0 atom stereocenters. The summed E-state index contributed by atoms with van der Waals surface area (Å²) in [7, 11) is 0. The van der Waals surface area contributed by atoms with E-state index in [2.05, 4.69) is 4.98 Å². The summed E-state index contributed by atoms with van der Waals surface area (Å²) in [6.45, 7) is 0. The van der Waals surface area contributed by atoms with E-state index in [4.69, 9.17) is 10.2 Å². The normalized spacial score (nSPS) is 10.2. The van der Waals surface area contributed by atoms with Crippen LogP contribution in [0.15, 0.2) is 34.9 Å². The number of amides is 1. The molecule has 1 aromatic carbocycles. The van der Waals surface area contributed by atoms with Gasteiger partial charge in [0.2, 0.25) is 11.7 Å². The van der Waals surface area contributed by atoms with E-state index in [1.165, 1.54) is 24.4 Å². The Morgan fingerprint density at radius 2 is 2.27 bits per heavy atom. The fourth-order valence-electron chi connectivity index (χ4n) is 1.14. The Labute approximate surface area is 84.5 Å². The number of hydrogen-bond donors (Lipinski definition) is 1.